The van der Waals surface area contributed by atoms with Crippen molar-refractivity contribution in [3.63, 3.8) is 0 Å². The number of carbonyl (C=O) groups is 1. The van der Waals surface area contributed by atoms with Gasteiger partial charge in [-0.05, 0) is 43.7 Å². The number of nitrogens with zero attached hydrogens (tertiary/aromatic N) is 2. The smallest absolute Gasteiger partial charge is 0.261 e. The molecule has 0 unspecified atom stereocenters. The lowest BCUT2D eigenvalue weighted by molar-refractivity contribution is 0.0942. The third-order valence-corrected chi connectivity index (χ3v) is 5.72. The van der Waals surface area contributed by atoms with Crippen LogP contribution < -0.4 is 5.32 Å². The highest BCUT2D eigenvalue weighted by Crippen LogP contribution is 2.23. The minimum Gasteiger partial charge on any atom is -0.349 e. The van der Waals surface area contributed by atoms with Crippen molar-refractivity contribution in [1.82, 2.24) is 15.1 Å². The average Bonchev–Trinajstić information content (AvgIpc) is 3.20. The van der Waals surface area contributed by atoms with E-state index in [0.717, 1.165) is 39.7 Å². The highest BCUT2D eigenvalue weighted by atomic mass is 35.5. The van der Waals surface area contributed by atoms with Crippen LogP contribution in [0.4, 0.5) is 0 Å². The Morgan fingerprint density at radius 2 is 2.18 bits per heavy atom. The molecule has 6 heteroatoms. The van der Waals surface area contributed by atoms with Gasteiger partial charge in [0.05, 0.1) is 27.8 Å². The molecule has 4 nitrogen and oxygen atoms in total. The monoisotopic (exact) mass is 337 g/mol. The first-order valence-electron chi connectivity index (χ1n) is 7.62. The summed E-state index contributed by atoms with van der Waals surface area (Å²) >= 11 is 7.66. The number of aryl methyl sites for hydroxylation is 1. The van der Waals surface area contributed by atoms with Gasteiger partial charge in [-0.3, -0.25) is 9.48 Å². The number of nitrogens with one attached hydrogen (secondary N) is 1. The lowest BCUT2D eigenvalue weighted by Crippen LogP contribution is -2.31. The SMILES string of the molecule is Cc1nn(Cc2csc(C(=O)NC3CCCC3)c2)c(C)c1Cl. The fraction of sp³-hybridized carbons (Fsp3) is 0.500. The van der Waals surface area contributed by atoms with Gasteiger partial charge in [-0.1, -0.05) is 24.4 Å². The number of rotatable bonds is 4. The minimum atomic E-state index is 0.0505. The van der Waals surface area contributed by atoms with Crippen LogP contribution in [0, 0.1) is 13.8 Å². The molecule has 1 aliphatic rings. The van der Waals surface area contributed by atoms with Gasteiger partial charge in [0.15, 0.2) is 0 Å². The fourth-order valence-electron chi connectivity index (χ4n) is 2.91. The molecule has 2 aromatic rings. The number of thiophene rings is 1. The molecular weight excluding hydrogens is 318 g/mol. The number of carbonyl (C=O) groups excluding carboxylic acids is 1. The van der Waals surface area contributed by atoms with Gasteiger partial charge in [-0.25, -0.2) is 0 Å². The molecule has 3 rings (SSSR count). The molecule has 2 aromatic heterocycles. The normalized spacial score (nSPS) is 15.4. The Morgan fingerprint density at radius 1 is 1.45 bits per heavy atom. The van der Waals surface area contributed by atoms with Crippen molar-refractivity contribution in [3.05, 3.63) is 38.3 Å². The summed E-state index contributed by atoms with van der Waals surface area (Å²) in [5.41, 5.74) is 2.89. The molecule has 0 aromatic carbocycles. The van der Waals surface area contributed by atoms with Crippen molar-refractivity contribution in [3.8, 4) is 0 Å². The molecule has 0 bridgehead atoms. The van der Waals surface area contributed by atoms with Gasteiger partial charge in [-0.2, -0.15) is 5.10 Å². The van der Waals surface area contributed by atoms with Crippen LogP contribution in [0.2, 0.25) is 5.02 Å². The molecule has 1 amide bonds. The van der Waals surface area contributed by atoms with Crippen LogP contribution >= 0.6 is 22.9 Å². The number of aromatic nitrogens is 2. The van der Waals surface area contributed by atoms with E-state index in [0.29, 0.717) is 12.6 Å². The zero-order chi connectivity index (χ0) is 15.7. The second-order valence-corrected chi connectivity index (χ2v) is 7.21. The lowest BCUT2D eigenvalue weighted by atomic mass is 10.2. The molecule has 1 saturated carbocycles. The third-order valence-electron chi connectivity index (χ3n) is 4.19. The van der Waals surface area contributed by atoms with Gasteiger partial charge in [0, 0.05) is 6.04 Å². The Balaban J connectivity index is 1.67. The van der Waals surface area contributed by atoms with Gasteiger partial charge in [-0.15, -0.1) is 11.3 Å². The fourth-order valence-corrected chi connectivity index (χ4v) is 3.85. The summed E-state index contributed by atoms with van der Waals surface area (Å²) in [5.74, 6) is 0.0505. The molecule has 1 fully saturated rings. The Kier molecular flexibility index (Phi) is 4.54. The summed E-state index contributed by atoms with van der Waals surface area (Å²) < 4.78 is 1.89. The maximum Gasteiger partial charge on any atom is 0.261 e. The standard InChI is InChI=1S/C16H20ClN3OS/c1-10-15(17)11(2)20(19-10)8-12-7-14(22-9-12)16(21)18-13-5-3-4-6-13/h7,9,13H,3-6,8H2,1-2H3,(H,18,21). The Bertz CT molecular complexity index is 686. The van der Waals surface area contributed by atoms with E-state index in [-0.39, 0.29) is 5.91 Å². The number of amides is 1. The van der Waals surface area contributed by atoms with E-state index in [1.54, 1.807) is 0 Å². The lowest BCUT2D eigenvalue weighted by Gasteiger charge is -2.10. The summed E-state index contributed by atoms with van der Waals surface area (Å²) in [6, 6.07) is 2.31. The second kappa shape index (κ2) is 6.42. The van der Waals surface area contributed by atoms with E-state index in [4.69, 9.17) is 11.6 Å². The number of hydrogen-bond acceptors (Lipinski definition) is 3. The molecule has 0 aliphatic heterocycles. The van der Waals surface area contributed by atoms with Crippen LogP contribution in [-0.2, 0) is 6.54 Å². The van der Waals surface area contributed by atoms with E-state index < -0.39 is 0 Å². The van der Waals surface area contributed by atoms with Crippen LogP contribution in [0.3, 0.4) is 0 Å². The predicted octanol–water partition coefficient (Wildman–Crippen LogP) is 3.94. The van der Waals surface area contributed by atoms with Crippen molar-refractivity contribution < 1.29 is 4.79 Å². The third kappa shape index (κ3) is 3.20. The van der Waals surface area contributed by atoms with Crippen LogP contribution in [0.25, 0.3) is 0 Å². The van der Waals surface area contributed by atoms with Gasteiger partial charge in [0.25, 0.3) is 5.91 Å². The van der Waals surface area contributed by atoms with Crippen molar-refractivity contribution in [2.24, 2.45) is 0 Å². The summed E-state index contributed by atoms with van der Waals surface area (Å²) in [7, 11) is 0. The number of hydrogen-bond donors (Lipinski definition) is 1. The Labute approximate surface area is 139 Å². The maximum atomic E-state index is 12.2. The summed E-state index contributed by atoms with van der Waals surface area (Å²) in [6.07, 6.45) is 4.65. The van der Waals surface area contributed by atoms with E-state index >= 15 is 0 Å². The molecule has 0 radical (unpaired) electrons. The molecule has 0 atom stereocenters. The first kappa shape index (κ1) is 15.6. The van der Waals surface area contributed by atoms with Crippen molar-refractivity contribution in [2.45, 2.75) is 52.1 Å². The first-order valence-corrected chi connectivity index (χ1v) is 8.88. The molecule has 1 N–H and O–H groups in total. The highest BCUT2D eigenvalue weighted by Gasteiger charge is 2.19. The topological polar surface area (TPSA) is 46.9 Å². The van der Waals surface area contributed by atoms with E-state index in [1.165, 1.54) is 24.2 Å². The minimum absolute atomic E-state index is 0.0505. The average molecular weight is 338 g/mol. The van der Waals surface area contributed by atoms with Crippen LogP contribution in [0.5, 0.6) is 0 Å². The molecule has 0 spiro atoms. The van der Waals surface area contributed by atoms with Crippen LogP contribution in [0.15, 0.2) is 11.4 Å². The largest absolute Gasteiger partial charge is 0.349 e. The van der Waals surface area contributed by atoms with E-state index in [9.17, 15) is 4.79 Å². The van der Waals surface area contributed by atoms with Crippen LogP contribution in [0.1, 0.15) is 52.3 Å². The zero-order valence-electron chi connectivity index (χ0n) is 12.9. The predicted molar refractivity (Wildman–Crippen MR) is 89.9 cm³/mol. The molecule has 0 saturated heterocycles. The van der Waals surface area contributed by atoms with Crippen molar-refractivity contribution in [2.75, 3.05) is 0 Å². The van der Waals surface area contributed by atoms with E-state index in [1.807, 2.05) is 30.0 Å². The molecule has 118 valence electrons. The summed E-state index contributed by atoms with van der Waals surface area (Å²) in [5, 5.41) is 10.3. The molecular formula is C16H20ClN3OS. The van der Waals surface area contributed by atoms with Gasteiger partial charge >= 0.3 is 0 Å². The highest BCUT2D eigenvalue weighted by molar-refractivity contribution is 7.12. The molecule has 1 aliphatic carbocycles. The van der Waals surface area contributed by atoms with Crippen molar-refractivity contribution in [1.29, 1.82) is 0 Å². The molecule has 22 heavy (non-hydrogen) atoms. The quantitative estimate of drug-likeness (QED) is 0.918. The Morgan fingerprint density at radius 3 is 2.82 bits per heavy atom. The molecule has 2 heterocycles. The van der Waals surface area contributed by atoms with Gasteiger partial charge in [0.1, 0.15) is 0 Å². The summed E-state index contributed by atoms with van der Waals surface area (Å²) in [4.78, 5) is 13.0. The first-order chi connectivity index (χ1) is 10.5. The van der Waals surface area contributed by atoms with E-state index in [2.05, 4.69) is 10.4 Å². The summed E-state index contributed by atoms with van der Waals surface area (Å²) in [6.45, 7) is 4.51. The second-order valence-electron chi connectivity index (χ2n) is 5.92. The Hall–Kier alpha value is -1.33. The number of halogens is 1. The maximum absolute atomic E-state index is 12.2. The van der Waals surface area contributed by atoms with Gasteiger partial charge in [0.2, 0.25) is 0 Å². The van der Waals surface area contributed by atoms with Crippen LogP contribution in [-0.4, -0.2) is 21.7 Å². The zero-order valence-corrected chi connectivity index (χ0v) is 14.4. The van der Waals surface area contributed by atoms with Gasteiger partial charge < -0.3 is 5.32 Å². The van der Waals surface area contributed by atoms with Crippen molar-refractivity contribution >= 4 is 28.8 Å².